The third kappa shape index (κ3) is 3.78. The zero-order chi connectivity index (χ0) is 22.3. The molecule has 0 N–H and O–H groups in total. The van der Waals surface area contributed by atoms with Crippen molar-refractivity contribution < 1.29 is 18.0 Å². The second-order valence-corrected chi connectivity index (χ2v) is 8.44. The van der Waals surface area contributed by atoms with Gasteiger partial charge in [0.05, 0.1) is 6.04 Å². The Morgan fingerprint density at radius 1 is 1.06 bits per heavy atom. The Morgan fingerprint density at radius 2 is 1.88 bits per heavy atom. The van der Waals surface area contributed by atoms with Gasteiger partial charge in [-0.2, -0.15) is 13.2 Å². The normalized spacial score (nSPS) is 20.9. The van der Waals surface area contributed by atoms with E-state index in [4.69, 9.17) is 0 Å². The zero-order valence-corrected chi connectivity index (χ0v) is 17.4. The Morgan fingerprint density at radius 3 is 2.66 bits per heavy atom. The first kappa shape index (κ1) is 20.7. The summed E-state index contributed by atoms with van der Waals surface area (Å²) in [7, 11) is 0. The monoisotopic (exact) mass is 440 g/mol. The second-order valence-electron chi connectivity index (χ2n) is 8.44. The van der Waals surface area contributed by atoms with E-state index in [1.807, 2.05) is 39.8 Å². The first-order valence-electron chi connectivity index (χ1n) is 10.9. The predicted octanol–water partition coefficient (Wildman–Crippen LogP) is 5.00. The van der Waals surface area contributed by atoms with Crippen LogP contribution < -0.4 is 0 Å². The number of alkyl halides is 3. The average molecular weight is 440 g/mol. The van der Waals surface area contributed by atoms with E-state index in [0.29, 0.717) is 31.6 Å². The molecule has 0 aliphatic carbocycles. The van der Waals surface area contributed by atoms with Gasteiger partial charge >= 0.3 is 6.18 Å². The molecule has 5 rings (SSSR count). The molecule has 0 saturated carbocycles. The van der Waals surface area contributed by atoms with E-state index < -0.39 is 11.9 Å². The molecule has 2 aromatic heterocycles. The summed E-state index contributed by atoms with van der Waals surface area (Å²) >= 11 is 0. The van der Waals surface area contributed by atoms with Crippen LogP contribution in [0.3, 0.4) is 0 Å². The van der Waals surface area contributed by atoms with Gasteiger partial charge in [0.1, 0.15) is 17.2 Å². The molecule has 2 atom stereocenters. The maximum absolute atomic E-state index is 13.4. The molecule has 32 heavy (non-hydrogen) atoms. The number of halogens is 3. The Balaban J connectivity index is 1.38. The highest BCUT2D eigenvalue weighted by Gasteiger charge is 2.38. The van der Waals surface area contributed by atoms with Crippen LogP contribution in [0.1, 0.15) is 64.4 Å². The molecule has 1 amide bonds. The molecule has 1 saturated heterocycles. The largest absolute Gasteiger partial charge is 0.433 e. The number of aryl methyl sites for hydroxylation is 1. The van der Waals surface area contributed by atoms with Gasteiger partial charge in [0, 0.05) is 37.8 Å². The number of benzene rings is 1. The molecule has 2 unspecified atom stereocenters. The van der Waals surface area contributed by atoms with Crippen LogP contribution in [0.2, 0.25) is 0 Å². The van der Waals surface area contributed by atoms with Gasteiger partial charge in [0.25, 0.3) is 5.91 Å². The number of carbonyl (C=O) groups is 1. The van der Waals surface area contributed by atoms with Crippen molar-refractivity contribution in [3.05, 3.63) is 83.2 Å². The van der Waals surface area contributed by atoms with Crippen LogP contribution in [0.4, 0.5) is 13.2 Å². The van der Waals surface area contributed by atoms with E-state index in [1.165, 1.54) is 12.3 Å². The lowest BCUT2D eigenvalue weighted by Gasteiger charge is -2.25. The minimum atomic E-state index is -4.49. The van der Waals surface area contributed by atoms with E-state index in [1.54, 1.807) is 12.3 Å². The van der Waals surface area contributed by atoms with Gasteiger partial charge in [-0.15, -0.1) is 0 Å². The molecular weight excluding hydrogens is 417 g/mol. The lowest BCUT2D eigenvalue weighted by molar-refractivity contribution is -0.142. The summed E-state index contributed by atoms with van der Waals surface area (Å²) in [6, 6.07) is 13.0. The highest BCUT2D eigenvalue weighted by Crippen LogP contribution is 2.38. The zero-order valence-electron chi connectivity index (χ0n) is 17.4. The summed E-state index contributed by atoms with van der Waals surface area (Å²) in [6.07, 6.45) is 1.29. The van der Waals surface area contributed by atoms with Gasteiger partial charge in [-0.3, -0.25) is 9.78 Å². The molecule has 1 fully saturated rings. The van der Waals surface area contributed by atoms with Crippen LogP contribution in [0.5, 0.6) is 0 Å². The number of carbonyl (C=O) groups excluding carboxylic acids is 1. The Hall–Kier alpha value is -3.16. The third-order valence-electron chi connectivity index (χ3n) is 6.46. The Kier molecular flexibility index (Phi) is 5.23. The first-order chi connectivity index (χ1) is 15.4. The molecule has 2 aliphatic heterocycles. The standard InChI is InChI=1S/C24H23F3N4O/c25-24(26,27)22-18(8-4-12-28-22)17-10-11-21-29-19(15-30(21)14-17)23(32)31-13-5-9-20(31)16-6-2-1-3-7-16/h1-4,6-8,12,15,17,20H,5,9-11,13-14H2. The minimum Gasteiger partial charge on any atom is -0.333 e. The number of aromatic nitrogens is 3. The van der Waals surface area contributed by atoms with E-state index in [0.717, 1.165) is 24.2 Å². The van der Waals surface area contributed by atoms with Crippen molar-refractivity contribution >= 4 is 5.91 Å². The molecule has 0 bridgehead atoms. The van der Waals surface area contributed by atoms with E-state index in [-0.39, 0.29) is 23.4 Å². The second kappa shape index (κ2) is 8.07. The minimum absolute atomic E-state index is 0.0277. The average Bonchev–Trinajstić information content (AvgIpc) is 3.45. The van der Waals surface area contributed by atoms with Crippen molar-refractivity contribution in [2.24, 2.45) is 0 Å². The SMILES string of the molecule is O=C(c1cn2c(n1)CCC(c1cccnc1C(F)(F)F)C2)N1CCCC1c1ccccc1. The number of amides is 1. The topological polar surface area (TPSA) is 51.0 Å². The van der Waals surface area contributed by atoms with Crippen LogP contribution in [0.15, 0.2) is 54.9 Å². The van der Waals surface area contributed by atoms with Crippen LogP contribution in [-0.4, -0.2) is 31.9 Å². The number of imidazole rings is 1. The van der Waals surface area contributed by atoms with Crippen LogP contribution in [0, 0.1) is 0 Å². The summed E-state index contributed by atoms with van der Waals surface area (Å²) in [4.78, 5) is 23.3. The van der Waals surface area contributed by atoms with Crippen molar-refractivity contribution in [2.75, 3.05) is 6.54 Å². The van der Waals surface area contributed by atoms with Crippen molar-refractivity contribution in [3.8, 4) is 0 Å². The number of hydrogen-bond donors (Lipinski definition) is 0. The number of nitrogens with zero attached hydrogens (tertiary/aromatic N) is 4. The van der Waals surface area contributed by atoms with Gasteiger partial charge < -0.3 is 9.47 Å². The summed E-state index contributed by atoms with van der Waals surface area (Å²) in [5, 5.41) is 0. The molecule has 4 heterocycles. The number of hydrogen-bond acceptors (Lipinski definition) is 3. The van der Waals surface area contributed by atoms with Crippen LogP contribution >= 0.6 is 0 Å². The van der Waals surface area contributed by atoms with Gasteiger partial charge in [-0.25, -0.2) is 4.98 Å². The van der Waals surface area contributed by atoms with Gasteiger partial charge in [-0.1, -0.05) is 36.4 Å². The van der Waals surface area contributed by atoms with Gasteiger partial charge in [-0.05, 0) is 36.5 Å². The van der Waals surface area contributed by atoms with Crippen molar-refractivity contribution in [1.82, 2.24) is 19.4 Å². The lowest BCUT2D eigenvalue weighted by Crippen LogP contribution is -2.30. The molecule has 2 aliphatic rings. The molecule has 0 radical (unpaired) electrons. The predicted molar refractivity (Wildman–Crippen MR) is 112 cm³/mol. The molecule has 0 spiro atoms. The quantitative estimate of drug-likeness (QED) is 0.576. The lowest BCUT2D eigenvalue weighted by atomic mass is 9.90. The first-order valence-corrected chi connectivity index (χ1v) is 10.9. The smallest absolute Gasteiger partial charge is 0.333 e. The Labute approximate surface area is 183 Å². The van der Waals surface area contributed by atoms with E-state index in [2.05, 4.69) is 9.97 Å². The van der Waals surface area contributed by atoms with Crippen molar-refractivity contribution in [3.63, 3.8) is 0 Å². The number of fused-ring (bicyclic) bond motifs is 1. The molecule has 1 aromatic carbocycles. The van der Waals surface area contributed by atoms with E-state index >= 15 is 0 Å². The summed E-state index contributed by atoms with van der Waals surface area (Å²) in [5.41, 5.74) is 0.855. The fourth-order valence-corrected chi connectivity index (χ4v) is 4.96. The number of likely N-dealkylation sites (tertiary alicyclic amines) is 1. The Bertz CT molecular complexity index is 1130. The maximum atomic E-state index is 13.4. The molecule has 3 aromatic rings. The van der Waals surface area contributed by atoms with E-state index in [9.17, 15) is 18.0 Å². The molecular formula is C24H23F3N4O. The van der Waals surface area contributed by atoms with Crippen molar-refractivity contribution in [2.45, 2.75) is 50.4 Å². The van der Waals surface area contributed by atoms with Gasteiger partial charge in [0.15, 0.2) is 0 Å². The van der Waals surface area contributed by atoms with Crippen molar-refractivity contribution in [1.29, 1.82) is 0 Å². The third-order valence-corrected chi connectivity index (χ3v) is 6.46. The molecule has 166 valence electrons. The molecule has 5 nitrogen and oxygen atoms in total. The fourth-order valence-electron chi connectivity index (χ4n) is 4.96. The summed E-state index contributed by atoms with van der Waals surface area (Å²) in [6.45, 7) is 1.03. The molecule has 8 heteroatoms. The number of rotatable bonds is 3. The van der Waals surface area contributed by atoms with Crippen LogP contribution in [-0.2, 0) is 19.1 Å². The number of pyridine rings is 1. The highest BCUT2D eigenvalue weighted by molar-refractivity contribution is 5.92. The van der Waals surface area contributed by atoms with Gasteiger partial charge in [0.2, 0.25) is 0 Å². The maximum Gasteiger partial charge on any atom is 0.433 e. The van der Waals surface area contributed by atoms with Crippen LogP contribution in [0.25, 0.3) is 0 Å². The fraction of sp³-hybridized carbons (Fsp3) is 0.375. The summed E-state index contributed by atoms with van der Waals surface area (Å²) < 4.78 is 42.1. The summed E-state index contributed by atoms with van der Waals surface area (Å²) in [5.74, 6) is 0.304. The highest BCUT2D eigenvalue weighted by atomic mass is 19.4.